The summed E-state index contributed by atoms with van der Waals surface area (Å²) in [5, 5.41) is 4.17. The Kier molecular flexibility index (Phi) is 5.99. The van der Waals surface area contributed by atoms with E-state index in [9.17, 15) is 19.2 Å². The topological polar surface area (TPSA) is 151 Å². The summed E-state index contributed by atoms with van der Waals surface area (Å²) in [5.74, 6) is -2.21. The van der Waals surface area contributed by atoms with Gasteiger partial charge in [-0.15, -0.1) is 0 Å². The molecule has 0 radical (unpaired) electrons. The second kappa shape index (κ2) is 8.86. The van der Waals surface area contributed by atoms with Gasteiger partial charge in [-0.2, -0.15) is 0 Å². The van der Waals surface area contributed by atoms with E-state index in [1.165, 1.54) is 4.90 Å². The Morgan fingerprint density at radius 1 is 1.23 bits per heavy atom. The lowest BCUT2D eigenvalue weighted by atomic mass is 9.53. The van der Waals surface area contributed by atoms with Crippen LogP contribution in [0.25, 0.3) is 10.9 Å². The summed E-state index contributed by atoms with van der Waals surface area (Å²) < 4.78 is 0. The number of nitrogens with two attached hydrogens (primary N) is 2. The molecule has 5 rings (SSSR count). The number of nitrogens with one attached hydrogen (secondary N) is 2. The Hall–Kier alpha value is -3.07. The third-order valence-electron chi connectivity index (χ3n) is 8.42. The molecule has 4 amide bonds. The van der Waals surface area contributed by atoms with Gasteiger partial charge in [0.25, 0.3) is 5.91 Å². The number of rotatable bonds is 6. The molecule has 10 heteroatoms. The van der Waals surface area contributed by atoms with E-state index in [1.54, 1.807) is 18.2 Å². The summed E-state index contributed by atoms with van der Waals surface area (Å²) in [4.78, 5) is 55.5. The van der Waals surface area contributed by atoms with E-state index in [0.29, 0.717) is 42.2 Å². The Bertz CT molecular complexity index is 1210. The summed E-state index contributed by atoms with van der Waals surface area (Å²) in [7, 11) is 0. The lowest BCUT2D eigenvalue weighted by Crippen LogP contribution is -2.51. The van der Waals surface area contributed by atoms with Crippen LogP contribution in [0, 0.1) is 23.2 Å². The number of hydrogen-bond donors (Lipinski definition) is 4. The van der Waals surface area contributed by atoms with Crippen molar-refractivity contribution in [3.8, 4) is 0 Å². The van der Waals surface area contributed by atoms with Crippen LogP contribution in [-0.4, -0.2) is 52.6 Å². The maximum atomic E-state index is 13.5. The SMILES string of the molecule is NC(=O)C1CC2(CCC2[C@H](C[C@@H]2CCCNC2=O)C(N)=O)CN1C(=O)c1cc2cccc(Cl)c2[nH]1. The number of aromatic amines is 1. The third-order valence-corrected chi connectivity index (χ3v) is 8.73. The predicted molar refractivity (Wildman–Crippen MR) is 130 cm³/mol. The highest BCUT2D eigenvalue weighted by atomic mass is 35.5. The van der Waals surface area contributed by atoms with Crippen LogP contribution in [-0.2, 0) is 14.4 Å². The molecule has 5 atom stereocenters. The molecule has 1 spiro atoms. The number of hydrogen-bond acceptors (Lipinski definition) is 4. The highest BCUT2D eigenvalue weighted by Gasteiger charge is 2.59. The predicted octanol–water partition coefficient (Wildman–Crippen LogP) is 1.94. The number of piperidine rings is 1. The minimum atomic E-state index is -0.779. The van der Waals surface area contributed by atoms with Crippen molar-refractivity contribution in [1.82, 2.24) is 15.2 Å². The smallest absolute Gasteiger partial charge is 0.271 e. The van der Waals surface area contributed by atoms with Crippen molar-refractivity contribution in [1.29, 1.82) is 0 Å². The van der Waals surface area contributed by atoms with E-state index in [-0.39, 0.29) is 23.7 Å². The molecule has 3 unspecified atom stereocenters. The maximum Gasteiger partial charge on any atom is 0.271 e. The Labute approximate surface area is 207 Å². The van der Waals surface area contributed by atoms with E-state index in [0.717, 1.165) is 31.1 Å². The van der Waals surface area contributed by atoms with Gasteiger partial charge in [-0.25, -0.2) is 0 Å². The van der Waals surface area contributed by atoms with Gasteiger partial charge >= 0.3 is 0 Å². The fourth-order valence-electron chi connectivity index (χ4n) is 6.51. The zero-order chi connectivity index (χ0) is 24.9. The van der Waals surface area contributed by atoms with Crippen LogP contribution < -0.4 is 16.8 Å². The van der Waals surface area contributed by atoms with Crippen molar-refractivity contribution < 1.29 is 19.2 Å². The van der Waals surface area contributed by atoms with Crippen molar-refractivity contribution in [3.05, 3.63) is 35.0 Å². The molecule has 1 aromatic heterocycles. The molecule has 1 saturated carbocycles. The number of primary amides is 2. The number of H-pyrrole nitrogens is 1. The van der Waals surface area contributed by atoms with E-state index in [1.807, 2.05) is 6.07 Å². The molecule has 3 fully saturated rings. The molecule has 6 N–H and O–H groups in total. The zero-order valence-corrected chi connectivity index (χ0v) is 20.1. The molecule has 3 aliphatic rings. The Morgan fingerprint density at radius 2 is 2.03 bits per heavy atom. The number of likely N-dealkylation sites (tertiary alicyclic amines) is 1. The lowest BCUT2D eigenvalue weighted by molar-refractivity contribution is -0.133. The number of fused-ring (bicyclic) bond motifs is 1. The number of amides is 4. The molecule has 1 aliphatic carbocycles. The van der Waals surface area contributed by atoms with Gasteiger partial charge in [0.05, 0.1) is 10.5 Å². The minimum absolute atomic E-state index is 0.0356. The molecule has 2 saturated heterocycles. The fourth-order valence-corrected chi connectivity index (χ4v) is 6.74. The average molecular weight is 500 g/mol. The quantitative estimate of drug-likeness (QED) is 0.480. The zero-order valence-electron chi connectivity index (χ0n) is 19.4. The van der Waals surface area contributed by atoms with Crippen LogP contribution in [0.1, 0.15) is 49.0 Å². The number of carbonyl (C=O) groups is 4. The molecule has 186 valence electrons. The minimum Gasteiger partial charge on any atom is -0.369 e. The largest absolute Gasteiger partial charge is 0.369 e. The molecular formula is C25H30ClN5O4. The highest BCUT2D eigenvalue weighted by molar-refractivity contribution is 6.35. The molecule has 1 aromatic carbocycles. The van der Waals surface area contributed by atoms with Crippen LogP contribution in [0.4, 0.5) is 0 Å². The van der Waals surface area contributed by atoms with Gasteiger partial charge in [0.2, 0.25) is 17.7 Å². The number of benzene rings is 1. The fraction of sp³-hybridized carbons (Fsp3) is 0.520. The van der Waals surface area contributed by atoms with Gasteiger partial charge in [-0.05, 0) is 62.0 Å². The van der Waals surface area contributed by atoms with Gasteiger partial charge < -0.3 is 26.7 Å². The summed E-state index contributed by atoms with van der Waals surface area (Å²) in [6.07, 6.45) is 3.91. The van der Waals surface area contributed by atoms with Crippen molar-refractivity contribution in [2.45, 2.75) is 44.6 Å². The van der Waals surface area contributed by atoms with E-state index in [2.05, 4.69) is 10.3 Å². The van der Waals surface area contributed by atoms with Crippen LogP contribution in [0.3, 0.4) is 0 Å². The number of aromatic nitrogens is 1. The number of nitrogens with zero attached hydrogens (tertiary/aromatic N) is 1. The van der Waals surface area contributed by atoms with Crippen molar-refractivity contribution in [3.63, 3.8) is 0 Å². The first-order valence-corrected chi connectivity index (χ1v) is 12.5. The molecular weight excluding hydrogens is 470 g/mol. The first-order valence-electron chi connectivity index (χ1n) is 12.1. The third kappa shape index (κ3) is 4.05. The summed E-state index contributed by atoms with van der Waals surface area (Å²) in [5.41, 5.74) is 12.1. The van der Waals surface area contributed by atoms with Crippen LogP contribution in [0.15, 0.2) is 24.3 Å². The first-order chi connectivity index (χ1) is 16.7. The number of halogens is 1. The van der Waals surface area contributed by atoms with Crippen molar-refractivity contribution in [2.24, 2.45) is 34.6 Å². The van der Waals surface area contributed by atoms with Crippen LogP contribution >= 0.6 is 11.6 Å². The highest BCUT2D eigenvalue weighted by Crippen LogP contribution is 2.58. The van der Waals surface area contributed by atoms with Gasteiger partial charge in [0, 0.05) is 30.3 Å². The standard InChI is InChI=1S/C25H30ClN5O4/c26-17-5-1-3-13-10-18(30-20(13)17)24(35)31-12-25(11-19(31)22(28)33)7-6-16(25)15(21(27)32)9-14-4-2-8-29-23(14)34/h1,3,5,10,14-16,19,30H,2,4,6-9,11-12H2,(H2,27,32)(H2,28,33)(H,29,34)/t14-,15-,16?,19?,25?/m0/s1. The summed E-state index contributed by atoms with van der Waals surface area (Å²) in [6.45, 7) is 0.966. The van der Waals surface area contributed by atoms with Gasteiger partial charge in [0.15, 0.2) is 0 Å². The van der Waals surface area contributed by atoms with Crippen LogP contribution in [0.2, 0.25) is 5.02 Å². The molecule has 2 aromatic rings. The van der Waals surface area contributed by atoms with E-state index >= 15 is 0 Å². The second-order valence-electron chi connectivity index (χ2n) is 10.3. The second-order valence-corrected chi connectivity index (χ2v) is 10.7. The van der Waals surface area contributed by atoms with Gasteiger partial charge in [-0.3, -0.25) is 19.2 Å². The molecule has 2 aliphatic heterocycles. The Balaban J connectivity index is 1.40. The van der Waals surface area contributed by atoms with Crippen molar-refractivity contribution in [2.75, 3.05) is 13.1 Å². The van der Waals surface area contributed by atoms with Gasteiger partial charge in [0.1, 0.15) is 11.7 Å². The van der Waals surface area contributed by atoms with Gasteiger partial charge in [-0.1, -0.05) is 23.7 Å². The summed E-state index contributed by atoms with van der Waals surface area (Å²) >= 11 is 6.26. The lowest BCUT2D eigenvalue weighted by Gasteiger charge is -2.50. The van der Waals surface area contributed by atoms with E-state index in [4.69, 9.17) is 23.1 Å². The van der Waals surface area contributed by atoms with Crippen molar-refractivity contribution >= 4 is 46.1 Å². The summed E-state index contributed by atoms with van der Waals surface area (Å²) in [6, 6.07) is 6.34. The average Bonchev–Trinajstić information content (AvgIpc) is 3.43. The molecule has 9 nitrogen and oxygen atoms in total. The monoisotopic (exact) mass is 499 g/mol. The normalized spacial score (nSPS) is 29.1. The number of para-hydroxylation sites is 1. The number of carbonyl (C=O) groups excluding carboxylic acids is 4. The molecule has 3 heterocycles. The molecule has 35 heavy (non-hydrogen) atoms. The van der Waals surface area contributed by atoms with E-state index < -0.39 is 29.2 Å². The molecule has 0 bridgehead atoms. The Morgan fingerprint density at radius 3 is 2.66 bits per heavy atom. The maximum absolute atomic E-state index is 13.5. The van der Waals surface area contributed by atoms with Crippen LogP contribution in [0.5, 0.6) is 0 Å². The first kappa shape index (κ1) is 23.7.